The topological polar surface area (TPSA) is 68.5 Å². The third kappa shape index (κ3) is 2.87. The molecule has 1 aromatic heterocycles. The van der Waals surface area contributed by atoms with E-state index in [-0.39, 0.29) is 18.6 Å². The van der Waals surface area contributed by atoms with E-state index in [2.05, 4.69) is 4.98 Å². The number of likely N-dealkylation sites (tertiary alicyclic amines) is 1. The molecule has 1 saturated heterocycles. The fourth-order valence-corrected chi connectivity index (χ4v) is 3.08. The van der Waals surface area contributed by atoms with E-state index in [1.807, 2.05) is 17.0 Å². The van der Waals surface area contributed by atoms with Crippen molar-refractivity contribution in [1.82, 2.24) is 9.88 Å². The Hall–Kier alpha value is -1.85. The predicted molar refractivity (Wildman–Crippen MR) is 86.0 cm³/mol. The minimum Gasteiger partial charge on any atom is -0.481 e. The highest BCUT2D eigenvalue weighted by molar-refractivity contribution is 6.35. The summed E-state index contributed by atoms with van der Waals surface area (Å²) in [5, 5.41) is 1.43. The Morgan fingerprint density at radius 2 is 2.32 bits per heavy atom. The van der Waals surface area contributed by atoms with Gasteiger partial charge in [0.05, 0.1) is 5.02 Å². The highest BCUT2D eigenvalue weighted by Crippen LogP contribution is 2.29. The molecule has 0 spiro atoms. The van der Waals surface area contributed by atoms with E-state index in [1.165, 1.54) is 0 Å². The van der Waals surface area contributed by atoms with Gasteiger partial charge in [-0.2, -0.15) is 0 Å². The molecule has 1 amide bonds. The Bertz CT molecular complexity index is 692. The zero-order chi connectivity index (χ0) is 15.5. The predicted octanol–water partition coefficient (Wildman–Crippen LogP) is 2.22. The Labute approximate surface area is 134 Å². The van der Waals surface area contributed by atoms with Gasteiger partial charge in [0.2, 0.25) is 0 Å². The lowest BCUT2D eigenvalue weighted by Crippen LogP contribution is -2.42. The second-order valence-electron chi connectivity index (χ2n) is 5.35. The first-order chi connectivity index (χ1) is 10.7. The van der Waals surface area contributed by atoms with E-state index in [0.717, 1.165) is 24.8 Å². The van der Waals surface area contributed by atoms with Gasteiger partial charge in [0.25, 0.3) is 5.91 Å². The molecular formula is C16H18ClN3O2. The molecule has 3 rings (SSSR count). The van der Waals surface area contributed by atoms with Gasteiger partial charge in [-0.3, -0.25) is 9.78 Å². The average Bonchev–Trinajstić information content (AvgIpc) is 3.03. The molecule has 0 bridgehead atoms. The Morgan fingerprint density at radius 1 is 1.45 bits per heavy atom. The summed E-state index contributed by atoms with van der Waals surface area (Å²) in [7, 11) is 0. The molecule has 116 valence electrons. The summed E-state index contributed by atoms with van der Waals surface area (Å²) in [6.45, 7) is 1.24. The Morgan fingerprint density at radius 3 is 3.14 bits per heavy atom. The van der Waals surface area contributed by atoms with Crippen molar-refractivity contribution in [2.24, 2.45) is 5.73 Å². The van der Waals surface area contributed by atoms with Crippen LogP contribution in [0, 0.1) is 0 Å². The number of rotatable bonds is 4. The van der Waals surface area contributed by atoms with Gasteiger partial charge >= 0.3 is 0 Å². The monoisotopic (exact) mass is 319 g/mol. The van der Waals surface area contributed by atoms with Crippen molar-refractivity contribution < 1.29 is 9.53 Å². The molecule has 0 saturated carbocycles. The van der Waals surface area contributed by atoms with Crippen LogP contribution < -0.4 is 10.5 Å². The summed E-state index contributed by atoms with van der Waals surface area (Å²) in [4.78, 5) is 18.4. The van der Waals surface area contributed by atoms with Crippen LogP contribution in [0.25, 0.3) is 10.9 Å². The van der Waals surface area contributed by atoms with Gasteiger partial charge in [-0.15, -0.1) is 0 Å². The molecule has 5 nitrogen and oxygen atoms in total. The number of nitrogens with zero attached hydrogens (tertiary/aromatic N) is 2. The molecule has 1 aliphatic heterocycles. The quantitative estimate of drug-likeness (QED) is 0.938. The molecule has 22 heavy (non-hydrogen) atoms. The van der Waals surface area contributed by atoms with Crippen molar-refractivity contribution in [3.8, 4) is 5.75 Å². The standard InChI is InChI=1S/C16H18ClN3O2/c17-13-5-6-14(16-12(13)4-1-7-19-16)22-10-15(21)20-8-2-3-11(20)9-18/h1,4-7,11H,2-3,8-10,18H2. The first kappa shape index (κ1) is 15.1. The van der Waals surface area contributed by atoms with Crippen molar-refractivity contribution in [2.75, 3.05) is 19.7 Å². The number of nitrogens with two attached hydrogens (primary N) is 1. The SMILES string of the molecule is NCC1CCCN1C(=O)COc1ccc(Cl)c2cccnc12. The number of benzene rings is 1. The molecule has 1 unspecified atom stereocenters. The number of hydrogen-bond acceptors (Lipinski definition) is 4. The van der Waals surface area contributed by atoms with Crippen LogP contribution in [0.3, 0.4) is 0 Å². The number of fused-ring (bicyclic) bond motifs is 1. The van der Waals surface area contributed by atoms with Gasteiger partial charge in [0.1, 0.15) is 11.3 Å². The lowest BCUT2D eigenvalue weighted by Gasteiger charge is -2.23. The second kappa shape index (κ2) is 6.50. The molecule has 6 heteroatoms. The van der Waals surface area contributed by atoms with Crippen molar-refractivity contribution in [3.63, 3.8) is 0 Å². The van der Waals surface area contributed by atoms with Crippen LogP contribution in [0.5, 0.6) is 5.75 Å². The second-order valence-corrected chi connectivity index (χ2v) is 5.76. The normalized spacial score (nSPS) is 17.9. The minimum absolute atomic E-state index is 0.0101. The lowest BCUT2D eigenvalue weighted by atomic mass is 10.2. The summed E-state index contributed by atoms with van der Waals surface area (Å²) in [6, 6.07) is 7.33. The van der Waals surface area contributed by atoms with Crippen molar-refractivity contribution >= 4 is 28.4 Å². The van der Waals surface area contributed by atoms with E-state index in [1.54, 1.807) is 18.3 Å². The van der Waals surface area contributed by atoms with Crippen LogP contribution in [-0.2, 0) is 4.79 Å². The van der Waals surface area contributed by atoms with Gasteiger partial charge in [0, 0.05) is 30.7 Å². The van der Waals surface area contributed by atoms with E-state index in [4.69, 9.17) is 22.1 Å². The van der Waals surface area contributed by atoms with Crippen LogP contribution in [0.15, 0.2) is 30.5 Å². The number of amides is 1. The first-order valence-corrected chi connectivity index (χ1v) is 7.74. The number of carbonyl (C=O) groups excluding carboxylic acids is 1. The summed E-state index contributed by atoms with van der Waals surface area (Å²) in [5.41, 5.74) is 6.37. The maximum Gasteiger partial charge on any atom is 0.260 e. The summed E-state index contributed by atoms with van der Waals surface area (Å²) in [5.74, 6) is 0.531. The number of pyridine rings is 1. The molecule has 1 atom stereocenters. The minimum atomic E-state index is -0.0352. The molecule has 2 heterocycles. The Balaban J connectivity index is 1.74. The van der Waals surface area contributed by atoms with Gasteiger partial charge in [-0.05, 0) is 37.1 Å². The van der Waals surface area contributed by atoms with Gasteiger partial charge in [-0.1, -0.05) is 11.6 Å². The molecular weight excluding hydrogens is 302 g/mol. The van der Waals surface area contributed by atoms with Crippen LogP contribution in [0.2, 0.25) is 5.02 Å². The fraction of sp³-hybridized carbons (Fsp3) is 0.375. The number of carbonyl (C=O) groups is 1. The van der Waals surface area contributed by atoms with Gasteiger partial charge < -0.3 is 15.4 Å². The van der Waals surface area contributed by atoms with Gasteiger partial charge in [0.15, 0.2) is 6.61 Å². The summed E-state index contributed by atoms with van der Waals surface area (Å²) < 4.78 is 5.69. The highest BCUT2D eigenvalue weighted by atomic mass is 35.5. The van der Waals surface area contributed by atoms with Crippen LogP contribution >= 0.6 is 11.6 Å². The molecule has 2 N–H and O–H groups in total. The van der Waals surface area contributed by atoms with E-state index in [0.29, 0.717) is 22.8 Å². The van der Waals surface area contributed by atoms with E-state index in [9.17, 15) is 4.79 Å². The maximum atomic E-state index is 12.3. The highest BCUT2D eigenvalue weighted by Gasteiger charge is 2.27. The third-order valence-electron chi connectivity index (χ3n) is 4.00. The first-order valence-electron chi connectivity index (χ1n) is 7.36. The van der Waals surface area contributed by atoms with Crippen LogP contribution in [0.1, 0.15) is 12.8 Å². The summed E-state index contributed by atoms with van der Waals surface area (Å²) >= 11 is 6.15. The largest absolute Gasteiger partial charge is 0.481 e. The lowest BCUT2D eigenvalue weighted by molar-refractivity contribution is -0.134. The molecule has 0 aliphatic carbocycles. The van der Waals surface area contributed by atoms with E-state index >= 15 is 0 Å². The van der Waals surface area contributed by atoms with Crippen LogP contribution in [-0.4, -0.2) is 41.5 Å². The third-order valence-corrected chi connectivity index (χ3v) is 4.33. The van der Waals surface area contributed by atoms with Crippen molar-refractivity contribution in [1.29, 1.82) is 0 Å². The zero-order valence-electron chi connectivity index (χ0n) is 12.2. The number of halogens is 1. The fourth-order valence-electron chi connectivity index (χ4n) is 2.86. The molecule has 0 radical (unpaired) electrons. The number of ether oxygens (including phenoxy) is 1. The van der Waals surface area contributed by atoms with E-state index < -0.39 is 0 Å². The van der Waals surface area contributed by atoms with Crippen LogP contribution in [0.4, 0.5) is 0 Å². The zero-order valence-corrected chi connectivity index (χ0v) is 12.9. The maximum absolute atomic E-state index is 12.3. The van der Waals surface area contributed by atoms with Crippen molar-refractivity contribution in [3.05, 3.63) is 35.5 Å². The molecule has 1 aliphatic rings. The number of aromatic nitrogens is 1. The average molecular weight is 320 g/mol. The van der Waals surface area contributed by atoms with Crippen molar-refractivity contribution in [2.45, 2.75) is 18.9 Å². The summed E-state index contributed by atoms with van der Waals surface area (Å²) in [6.07, 6.45) is 3.64. The number of hydrogen-bond donors (Lipinski definition) is 1. The Kier molecular flexibility index (Phi) is 4.45. The smallest absolute Gasteiger partial charge is 0.260 e. The molecule has 2 aromatic rings. The molecule has 1 aromatic carbocycles. The molecule has 1 fully saturated rings. The van der Waals surface area contributed by atoms with Gasteiger partial charge in [-0.25, -0.2) is 0 Å².